The van der Waals surface area contributed by atoms with Crippen LogP contribution in [0.4, 0.5) is 16.5 Å². The zero-order valence-electron chi connectivity index (χ0n) is 16.2. The van der Waals surface area contributed by atoms with Crippen molar-refractivity contribution in [1.29, 1.82) is 0 Å². The third kappa shape index (κ3) is 4.51. The molecule has 7 heteroatoms. The maximum atomic E-state index is 12.4. The summed E-state index contributed by atoms with van der Waals surface area (Å²) in [5.41, 5.74) is 2.31. The molecule has 3 aromatic rings. The van der Waals surface area contributed by atoms with Crippen LogP contribution in [-0.2, 0) is 16.0 Å². The molecule has 0 saturated heterocycles. The summed E-state index contributed by atoms with van der Waals surface area (Å²) >= 11 is 1.57. The van der Waals surface area contributed by atoms with E-state index < -0.39 is 0 Å². The third-order valence-electron chi connectivity index (χ3n) is 5.06. The molecule has 1 aliphatic carbocycles. The lowest BCUT2D eigenvalue weighted by Crippen LogP contribution is -2.22. The molecule has 2 heterocycles. The second kappa shape index (κ2) is 8.53. The summed E-state index contributed by atoms with van der Waals surface area (Å²) < 4.78 is 0. The van der Waals surface area contributed by atoms with E-state index in [2.05, 4.69) is 15.3 Å². The Hall–Kier alpha value is -3.06. The molecule has 2 amide bonds. The van der Waals surface area contributed by atoms with E-state index in [9.17, 15) is 9.59 Å². The van der Waals surface area contributed by atoms with Crippen molar-refractivity contribution in [2.45, 2.75) is 38.5 Å². The average molecular weight is 407 g/mol. The standard InChI is InChI=1S/C22H22N4O2S/c1-15(27)26(19-6-3-11-23-13-19)18-9-7-16(8-10-18)12-21(28)25-22-24-14-20(29-22)17-4-2-5-17/h3,6-11,13-14,17H,2,4-5,12H2,1H3,(H,24,25,28). The maximum Gasteiger partial charge on any atom is 0.230 e. The minimum atomic E-state index is -0.102. The predicted molar refractivity (Wildman–Crippen MR) is 115 cm³/mol. The van der Waals surface area contributed by atoms with Crippen LogP contribution in [0, 0.1) is 0 Å². The zero-order valence-corrected chi connectivity index (χ0v) is 17.0. The molecule has 1 saturated carbocycles. The number of thiazole rings is 1. The van der Waals surface area contributed by atoms with Crippen LogP contribution < -0.4 is 10.2 Å². The van der Waals surface area contributed by atoms with Gasteiger partial charge in [0.25, 0.3) is 0 Å². The summed E-state index contributed by atoms with van der Waals surface area (Å²) in [7, 11) is 0. The number of carbonyl (C=O) groups excluding carboxylic acids is 2. The first-order valence-corrected chi connectivity index (χ1v) is 10.5. The van der Waals surface area contributed by atoms with Gasteiger partial charge in [-0.05, 0) is 48.6 Å². The first-order chi connectivity index (χ1) is 14.1. The first-order valence-electron chi connectivity index (χ1n) is 9.65. The molecule has 0 bridgehead atoms. The van der Waals surface area contributed by atoms with Crippen LogP contribution in [0.3, 0.4) is 0 Å². The van der Waals surface area contributed by atoms with Crippen LogP contribution in [0.1, 0.15) is 42.5 Å². The summed E-state index contributed by atoms with van der Waals surface area (Å²) in [4.78, 5) is 35.7. The lowest BCUT2D eigenvalue weighted by atomic mass is 9.85. The van der Waals surface area contributed by atoms with E-state index in [1.165, 1.54) is 31.1 Å². The second-order valence-electron chi connectivity index (χ2n) is 7.15. The van der Waals surface area contributed by atoms with Gasteiger partial charge >= 0.3 is 0 Å². The highest BCUT2D eigenvalue weighted by molar-refractivity contribution is 7.15. The predicted octanol–water partition coefficient (Wildman–Crippen LogP) is 4.67. The maximum absolute atomic E-state index is 12.4. The Morgan fingerprint density at radius 1 is 1.14 bits per heavy atom. The lowest BCUT2D eigenvalue weighted by Gasteiger charge is -2.23. The van der Waals surface area contributed by atoms with Gasteiger partial charge in [-0.25, -0.2) is 4.98 Å². The van der Waals surface area contributed by atoms with Crippen LogP contribution in [-0.4, -0.2) is 21.8 Å². The van der Waals surface area contributed by atoms with Gasteiger partial charge in [-0.2, -0.15) is 0 Å². The number of hydrogen-bond acceptors (Lipinski definition) is 5. The summed E-state index contributed by atoms with van der Waals surface area (Å²) in [5, 5.41) is 3.55. The summed E-state index contributed by atoms with van der Waals surface area (Å²) in [6.45, 7) is 1.51. The van der Waals surface area contributed by atoms with Gasteiger partial charge in [-0.3, -0.25) is 19.5 Å². The molecule has 1 N–H and O–H groups in total. The van der Waals surface area contributed by atoms with Gasteiger partial charge in [-0.1, -0.05) is 18.6 Å². The number of carbonyl (C=O) groups is 2. The highest BCUT2D eigenvalue weighted by Crippen LogP contribution is 2.39. The summed E-state index contributed by atoms with van der Waals surface area (Å²) in [6, 6.07) is 11.0. The van der Waals surface area contributed by atoms with Crippen molar-refractivity contribution in [2.24, 2.45) is 0 Å². The van der Waals surface area contributed by atoms with Gasteiger partial charge in [0.15, 0.2) is 5.13 Å². The van der Waals surface area contributed by atoms with Gasteiger partial charge in [-0.15, -0.1) is 11.3 Å². The molecule has 1 fully saturated rings. The number of benzene rings is 1. The monoisotopic (exact) mass is 406 g/mol. The molecular weight excluding hydrogens is 384 g/mol. The Morgan fingerprint density at radius 2 is 1.93 bits per heavy atom. The molecule has 0 atom stereocenters. The molecule has 2 aromatic heterocycles. The molecule has 148 valence electrons. The van der Waals surface area contributed by atoms with E-state index in [1.54, 1.807) is 34.7 Å². The fourth-order valence-corrected chi connectivity index (χ4v) is 4.34. The van der Waals surface area contributed by atoms with Crippen molar-refractivity contribution in [2.75, 3.05) is 10.2 Å². The van der Waals surface area contributed by atoms with E-state index in [1.807, 2.05) is 36.5 Å². The van der Waals surface area contributed by atoms with Gasteiger partial charge in [0.1, 0.15) is 0 Å². The van der Waals surface area contributed by atoms with Crippen LogP contribution >= 0.6 is 11.3 Å². The van der Waals surface area contributed by atoms with E-state index in [0.717, 1.165) is 11.3 Å². The average Bonchev–Trinajstić information content (AvgIpc) is 3.10. The minimum Gasteiger partial charge on any atom is -0.302 e. The lowest BCUT2D eigenvalue weighted by molar-refractivity contribution is -0.116. The Labute approximate surface area is 173 Å². The number of aromatic nitrogens is 2. The second-order valence-corrected chi connectivity index (χ2v) is 8.21. The molecule has 1 aliphatic rings. The van der Waals surface area contributed by atoms with E-state index >= 15 is 0 Å². The number of amides is 2. The molecule has 4 rings (SSSR count). The van der Waals surface area contributed by atoms with Crippen LogP contribution in [0.2, 0.25) is 0 Å². The summed E-state index contributed by atoms with van der Waals surface area (Å²) in [6.07, 6.45) is 9.17. The van der Waals surface area contributed by atoms with Crippen molar-refractivity contribution >= 4 is 39.7 Å². The molecule has 0 aliphatic heterocycles. The topological polar surface area (TPSA) is 75.2 Å². The molecular formula is C22H22N4O2S. The zero-order chi connectivity index (χ0) is 20.2. The Kier molecular flexibility index (Phi) is 5.67. The number of anilines is 3. The van der Waals surface area contributed by atoms with Crippen molar-refractivity contribution in [3.05, 3.63) is 65.4 Å². The number of hydrogen-bond donors (Lipinski definition) is 1. The number of nitrogens with zero attached hydrogens (tertiary/aromatic N) is 3. The van der Waals surface area contributed by atoms with Crippen molar-refractivity contribution in [3.8, 4) is 0 Å². The van der Waals surface area contributed by atoms with Gasteiger partial charge in [0.2, 0.25) is 11.8 Å². The van der Waals surface area contributed by atoms with Gasteiger partial charge in [0.05, 0.1) is 18.3 Å². The van der Waals surface area contributed by atoms with Crippen LogP contribution in [0.25, 0.3) is 0 Å². The summed E-state index contributed by atoms with van der Waals surface area (Å²) in [5.74, 6) is 0.423. The fourth-order valence-electron chi connectivity index (χ4n) is 3.34. The number of pyridine rings is 1. The number of nitrogens with one attached hydrogen (secondary N) is 1. The van der Waals surface area contributed by atoms with E-state index in [-0.39, 0.29) is 18.2 Å². The fraction of sp³-hybridized carbons (Fsp3) is 0.273. The number of rotatable bonds is 6. The molecule has 6 nitrogen and oxygen atoms in total. The van der Waals surface area contributed by atoms with Gasteiger partial charge in [0, 0.05) is 29.9 Å². The minimum absolute atomic E-state index is 0.0945. The third-order valence-corrected chi connectivity index (χ3v) is 6.13. The molecule has 29 heavy (non-hydrogen) atoms. The molecule has 0 radical (unpaired) electrons. The van der Waals surface area contributed by atoms with Crippen LogP contribution in [0.15, 0.2) is 55.0 Å². The van der Waals surface area contributed by atoms with E-state index in [0.29, 0.717) is 16.7 Å². The SMILES string of the molecule is CC(=O)N(c1ccc(CC(=O)Nc2ncc(C3CCC3)s2)cc1)c1cccnc1. The van der Waals surface area contributed by atoms with Crippen LogP contribution in [0.5, 0.6) is 0 Å². The highest BCUT2D eigenvalue weighted by Gasteiger charge is 2.22. The first kappa shape index (κ1) is 19.3. The smallest absolute Gasteiger partial charge is 0.230 e. The van der Waals surface area contributed by atoms with Crippen molar-refractivity contribution in [1.82, 2.24) is 9.97 Å². The Balaban J connectivity index is 1.40. The highest BCUT2D eigenvalue weighted by atomic mass is 32.1. The largest absolute Gasteiger partial charge is 0.302 e. The molecule has 1 aromatic carbocycles. The Morgan fingerprint density at radius 3 is 2.55 bits per heavy atom. The molecule has 0 unspecified atom stereocenters. The Bertz CT molecular complexity index is 997. The van der Waals surface area contributed by atoms with Gasteiger partial charge < -0.3 is 5.32 Å². The van der Waals surface area contributed by atoms with Crippen molar-refractivity contribution < 1.29 is 9.59 Å². The van der Waals surface area contributed by atoms with E-state index in [4.69, 9.17) is 0 Å². The molecule has 0 spiro atoms. The quantitative estimate of drug-likeness (QED) is 0.645. The van der Waals surface area contributed by atoms with Crippen molar-refractivity contribution in [3.63, 3.8) is 0 Å². The normalized spacial score (nSPS) is 13.6.